The minimum atomic E-state index is 0.287. The van der Waals surface area contributed by atoms with Gasteiger partial charge in [0.25, 0.3) is 0 Å². The van der Waals surface area contributed by atoms with Crippen molar-refractivity contribution in [2.24, 2.45) is 0 Å². The summed E-state index contributed by atoms with van der Waals surface area (Å²) < 4.78 is 5.72. The summed E-state index contributed by atoms with van der Waals surface area (Å²) in [5, 5.41) is 0. The number of nitrogens with zero attached hydrogens (tertiary/aromatic N) is 2. The lowest BCUT2D eigenvalue weighted by Gasteiger charge is -2.22. The van der Waals surface area contributed by atoms with Crippen molar-refractivity contribution in [2.75, 3.05) is 12.3 Å². The zero-order chi connectivity index (χ0) is 11.7. The second-order valence-electron chi connectivity index (χ2n) is 4.64. The summed E-state index contributed by atoms with van der Waals surface area (Å²) in [6.07, 6.45) is 4.65. The van der Waals surface area contributed by atoms with Crippen LogP contribution in [0.5, 0.6) is 0 Å². The highest BCUT2D eigenvalue weighted by molar-refractivity contribution is 7.98. The molecule has 0 aromatic carbocycles. The molecule has 1 unspecified atom stereocenters. The number of hydrogen-bond acceptors (Lipinski definition) is 5. The van der Waals surface area contributed by atoms with E-state index in [9.17, 15) is 0 Å². The first kappa shape index (κ1) is 11.3. The van der Waals surface area contributed by atoms with Crippen molar-refractivity contribution >= 4 is 17.6 Å². The predicted molar refractivity (Wildman–Crippen MR) is 68.7 cm³/mol. The number of rotatable bonds is 2. The third-order valence-corrected chi connectivity index (χ3v) is 4.31. The van der Waals surface area contributed by atoms with Gasteiger partial charge < -0.3 is 10.5 Å². The van der Waals surface area contributed by atoms with Gasteiger partial charge in [0.2, 0.25) is 0 Å². The maximum Gasteiger partial charge on any atom is 0.133 e. The van der Waals surface area contributed by atoms with Crippen molar-refractivity contribution in [3.05, 3.63) is 17.1 Å². The van der Waals surface area contributed by atoms with E-state index in [0.29, 0.717) is 5.82 Å². The normalized spacial score (nSPS) is 23.6. The van der Waals surface area contributed by atoms with E-state index in [1.54, 1.807) is 0 Å². The SMILES string of the molecule is Nc1nc(CC2CCCCO2)nc2c1CSC2. The maximum atomic E-state index is 5.97. The molecule has 92 valence electrons. The van der Waals surface area contributed by atoms with Gasteiger partial charge in [-0.25, -0.2) is 9.97 Å². The lowest BCUT2D eigenvalue weighted by atomic mass is 10.1. The number of nitrogens with two attached hydrogens (primary N) is 1. The zero-order valence-corrected chi connectivity index (χ0v) is 10.6. The van der Waals surface area contributed by atoms with Crippen molar-refractivity contribution < 1.29 is 4.74 Å². The van der Waals surface area contributed by atoms with Gasteiger partial charge >= 0.3 is 0 Å². The fourth-order valence-electron chi connectivity index (χ4n) is 2.39. The average Bonchev–Trinajstić information content (AvgIpc) is 2.79. The first-order valence-electron chi connectivity index (χ1n) is 6.16. The molecule has 0 saturated carbocycles. The van der Waals surface area contributed by atoms with Gasteiger partial charge in [0, 0.05) is 30.1 Å². The minimum Gasteiger partial charge on any atom is -0.383 e. The molecule has 1 aromatic rings. The third-order valence-electron chi connectivity index (χ3n) is 3.34. The molecule has 5 heteroatoms. The van der Waals surface area contributed by atoms with E-state index < -0.39 is 0 Å². The summed E-state index contributed by atoms with van der Waals surface area (Å²) in [4.78, 5) is 9.03. The van der Waals surface area contributed by atoms with E-state index in [1.165, 1.54) is 12.8 Å². The van der Waals surface area contributed by atoms with Crippen LogP contribution in [0.15, 0.2) is 0 Å². The predicted octanol–water partition coefficient (Wildman–Crippen LogP) is 1.92. The van der Waals surface area contributed by atoms with Gasteiger partial charge in [-0.1, -0.05) is 0 Å². The van der Waals surface area contributed by atoms with Crippen molar-refractivity contribution in [1.29, 1.82) is 0 Å². The number of nitrogen functional groups attached to an aromatic ring is 1. The zero-order valence-electron chi connectivity index (χ0n) is 9.82. The Morgan fingerprint density at radius 1 is 1.29 bits per heavy atom. The van der Waals surface area contributed by atoms with E-state index >= 15 is 0 Å². The van der Waals surface area contributed by atoms with Crippen molar-refractivity contribution in [3.8, 4) is 0 Å². The molecule has 0 aliphatic carbocycles. The highest BCUT2D eigenvalue weighted by Crippen LogP contribution is 2.31. The summed E-state index contributed by atoms with van der Waals surface area (Å²) >= 11 is 1.86. The molecule has 0 radical (unpaired) electrons. The van der Waals surface area contributed by atoms with Crippen LogP contribution in [0.2, 0.25) is 0 Å². The molecule has 3 heterocycles. The van der Waals surface area contributed by atoms with Gasteiger partial charge in [0.05, 0.1) is 11.8 Å². The van der Waals surface area contributed by atoms with Crippen LogP contribution in [-0.4, -0.2) is 22.7 Å². The molecule has 17 heavy (non-hydrogen) atoms. The number of fused-ring (bicyclic) bond motifs is 1. The molecule has 2 aliphatic heterocycles. The molecule has 2 N–H and O–H groups in total. The standard InChI is InChI=1S/C12H17N3OS/c13-12-9-6-17-7-10(9)14-11(15-12)5-8-3-1-2-4-16-8/h8H,1-7H2,(H2,13,14,15). The molecule has 1 saturated heterocycles. The fourth-order valence-corrected chi connectivity index (χ4v) is 3.45. The van der Waals surface area contributed by atoms with Crippen LogP contribution < -0.4 is 5.73 Å². The summed E-state index contributed by atoms with van der Waals surface area (Å²) in [7, 11) is 0. The summed E-state index contributed by atoms with van der Waals surface area (Å²) in [5.41, 5.74) is 8.25. The summed E-state index contributed by atoms with van der Waals surface area (Å²) in [6.45, 7) is 0.876. The lowest BCUT2D eigenvalue weighted by Crippen LogP contribution is -2.23. The highest BCUT2D eigenvalue weighted by atomic mass is 32.2. The molecule has 1 atom stereocenters. The van der Waals surface area contributed by atoms with Crippen molar-refractivity contribution in [3.63, 3.8) is 0 Å². The first-order chi connectivity index (χ1) is 8.33. The molecule has 3 rings (SSSR count). The smallest absolute Gasteiger partial charge is 0.133 e. The largest absolute Gasteiger partial charge is 0.383 e. The number of hydrogen-bond donors (Lipinski definition) is 1. The molecule has 0 spiro atoms. The topological polar surface area (TPSA) is 61.0 Å². The molecule has 2 aliphatic rings. The Kier molecular flexibility index (Phi) is 3.20. The van der Waals surface area contributed by atoms with E-state index in [2.05, 4.69) is 9.97 Å². The Bertz CT molecular complexity index is 418. The van der Waals surface area contributed by atoms with E-state index in [-0.39, 0.29) is 6.10 Å². The van der Waals surface area contributed by atoms with Gasteiger partial charge in [0.15, 0.2) is 0 Å². The van der Waals surface area contributed by atoms with Crippen LogP contribution in [0.3, 0.4) is 0 Å². The Morgan fingerprint density at radius 2 is 2.24 bits per heavy atom. The van der Waals surface area contributed by atoms with Crippen LogP contribution in [0.4, 0.5) is 5.82 Å². The van der Waals surface area contributed by atoms with E-state index in [4.69, 9.17) is 10.5 Å². The van der Waals surface area contributed by atoms with Crippen LogP contribution >= 0.6 is 11.8 Å². The quantitative estimate of drug-likeness (QED) is 0.870. The Balaban J connectivity index is 1.76. The minimum absolute atomic E-state index is 0.287. The van der Waals surface area contributed by atoms with Crippen LogP contribution in [0.25, 0.3) is 0 Å². The second-order valence-corrected chi connectivity index (χ2v) is 5.62. The number of aromatic nitrogens is 2. The third kappa shape index (κ3) is 2.40. The van der Waals surface area contributed by atoms with E-state index in [0.717, 1.165) is 48.0 Å². The molecule has 0 amide bonds. The van der Waals surface area contributed by atoms with Gasteiger partial charge in [-0.05, 0) is 19.3 Å². The number of thioether (sulfide) groups is 1. The van der Waals surface area contributed by atoms with Crippen LogP contribution in [-0.2, 0) is 22.7 Å². The van der Waals surface area contributed by atoms with Gasteiger partial charge in [-0.2, -0.15) is 11.8 Å². The van der Waals surface area contributed by atoms with Gasteiger partial charge in [0.1, 0.15) is 11.6 Å². The molecule has 0 bridgehead atoms. The molecular weight excluding hydrogens is 234 g/mol. The number of ether oxygens (including phenoxy) is 1. The van der Waals surface area contributed by atoms with E-state index in [1.807, 2.05) is 11.8 Å². The Labute approximate surface area is 105 Å². The van der Waals surface area contributed by atoms with Crippen LogP contribution in [0, 0.1) is 0 Å². The maximum absolute atomic E-state index is 5.97. The highest BCUT2D eigenvalue weighted by Gasteiger charge is 2.21. The molecule has 1 aromatic heterocycles. The molecule has 4 nitrogen and oxygen atoms in total. The first-order valence-corrected chi connectivity index (χ1v) is 7.32. The van der Waals surface area contributed by atoms with Crippen molar-refractivity contribution in [2.45, 2.75) is 43.3 Å². The fraction of sp³-hybridized carbons (Fsp3) is 0.667. The average molecular weight is 251 g/mol. The van der Waals surface area contributed by atoms with Gasteiger partial charge in [-0.3, -0.25) is 0 Å². The summed E-state index contributed by atoms with van der Waals surface area (Å²) in [6, 6.07) is 0. The Hall–Kier alpha value is -0.810. The number of anilines is 1. The summed E-state index contributed by atoms with van der Waals surface area (Å²) in [5.74, 6) is 3.46. The lowest BCUT2D eigenvalue weighted by molar-refractivity contribution is 0.0156. The monoisotopic (exact) mass is 251 g/mol. The van der Waals surface area contributed by atoms with Crippen molar-refractivity contribution in [1.82, 2.24) is 9.97 Å². The molecule has 1 fully saturated rings. The second kappa shape index (κ2) is 4.82. The Morgan fingerprint density at radius 3 is 3.06 bits per heavy atom. The molecular formula is C12H17N3OS. The van der Waals surface area contributed by atoms with Gasteiger partial charge in [-0.15, -0.1) is 0 Å². The van der Waals surface area contributed by atoms with Crippen LogP contribution in [0.1, 0.15) is 36.3 Å².